The largest absolute Gasteiger partial charge is 0.296 e. The van der Waals surface area contributed by atoms with Crippen LogP contribution in [0.15, 0.2) is 28.6 Å². The van der Waals surface area contributed by atoms with E-state index in [9.17, 15) is 13.2 Å². The molecule has 0 atom stereocenters. The van der Waals surface area contributed by atoms with Crippen molar-refractivity contribution in [3.8, 4) is 0 Å². The second-order valence-electron chi connectivity index (χ2n) is 3.61. The number of carbonyl (C=O) groups is 1. The molecule has 9 heteroatoms. The summed E-state index contributed by atoms with van der Waals surface area (Å²) in [5.41, 5.74) is 0.469. The predicted octanol–water partition coefficient (Wildman–Crippen LogP) is 0.746. The Morgan fingerprint density at radius 3 is 2.68 bits per heavy atom. The molecular formula is C10H10N4O3S2. The van der Waals surface area contributed by atoms with Gasteiger partial charge >= 0.3 is 0 Å². The van der Waals surface area contributed by atoms with Crippen molar-refractivity contribution in [3.63, 3.8) is 0 Å². The molecule has 1 amide bonds. The van der Waals surface area contributed by atoms with Crippen LogP contribution in [-0.2, 0) is 10.0 Å². The van der Waals surface area contributed by atoms with E-state index in [1.54, 1.807) is 12.1 Å². The summed E-state index contributed by atoms with van der Waals surface area (Å²) < 4.78 is 22.4. The molecule has 3 N–H and O–H groups in total. The van der Waals surface area contributed by atoms with Crippen LogP contribution in [0.1, 0.15) is 16.2 Å². The Labute approximate surface area is 113 Å². The highest BCUT2D eigenvalue weighted by atomic mass is 32.2. The van der Waals surface area contributed by atoms with E-state index in [0.29, 0.717) is 0 Å². The standard InChI is InChI=1S/C10H10N4O3S2/c1-6-9(19(11,16)17)18-10(13-6)14-8(15)7-4-2-3-5-12-7/h2-5H,1H3,(H2,11,16,17)(H,13,14,15). The molecule has 0 unspecified atom stereocenters. The number of sulfonamides is 1. The van der Waals surface area contributed by atoms with Gasteiger partial charge in [-0.25, -0.2) is 18.5 Å². The molecule has 2 aromatic rings. The van der Waals surface area contributed by atoms with Crippen molar-refractivity contribution in [2.45, 2.75) is 11.1 Å². The Morgan fingerprint density at radius 2 is 2.16 bits per heavy atom. The normalized spacial score (nSPS) is 11.3. The number of thiazole rings is 1. The third kappa shape index (κ3) is 3.13. The van der Waals surface area contributed by atoms with Crippen LogP contribution in [0.5, 0.6) is 0 Å². The molecule has 0 aliphatic heterocycles. The minimum atomic E-state index is -3.82. The smallest absolute Gasteiger partial charge is 0.276 e. The molecule has 2 rings (SSSR count). The maximum absolute atomic E-state index is 11.8. The van der Waals surface area contributed by atoms with E-state index in [-0.39, 0.29) is 20.7 Å². The van der Waals surface area contributed by atoms with Gasteiger partial charge in [-0.3, -0.25) is 15.1 Å². The number of aryl methyl sites for hydroxylation is 1. The van der Waals surface area contributed by atoms with Gasteiger partial charge in [0.15, 0.2) is 9.34 Å². The Balaban J connectivity index is 2.24. The number of amides is 1. The molecule has 0 radical (unpaired) electrons. The predicted molar refractivity (Wildman–Crippen MR) is 70.4 cm³/mol. The van der Waals surface area contributed by atoms with Crippen LogP contribution in [0.2, 0.25) is 0 Å². The molecule has 0 aliphatic carbocycles. The maximum atomic E-state index is 11.8. The Kier molecular flexibility index (Phi) is 3.60. The van der Waals surface area contributed by atoms with Gasteiger partial charge in [-0.05, 0) is 19.1 Å². The van der Waals surface area contributed by atoms with Gasteiger partial charge < -0.3 is 0 Å². The zero-order chi connectivity index (χ0) is 14.0. The van der Waals surface area contributed by atoms with Crippen molar-refractivity contribution >= 4 is 32.4 Å². The average Bonchev–Trinajstić information content (AvgIpc) is 2.71. The molecule has 0 saturated heterocycles. The second kappa shape index (κ2) is 5.03. The van der Waals surface area contributed by atoms with Crippen LogP contribution in [0.4, 0.5) is 5.13 Å². The van der Waals surface area contributed by atoms with E-state index >= 15 is 0 Å². The van der Waals surface area contributed by atoms with E-state index in [0.717, 1.165) is 11.3 Å². The van der Waals surface area contributed by atoms with Crippen molar-refractivity contribution < 1.29 is 13.2 Å². The number of carbonyl (C=O) groups excluding carboxylic acids is 1. The first kappa shape index (κ1) is 13.6. The van der Waals surface area contributed by atoms with E-state index in [1.807, 2.05) is 0 Å². The second-order valence-corrected chi connectivity index (χ2v) is 6.36. The molecule has 0 spiro atoms. The number of primary sulfonamides is 1. The molecule has 19 heavy (non-hydrogen) atoms. The van der Waals surface area contributed by atoms with Gasteiger partial charge in [0.05, 0.1) is 5.69 Å². The average molecular weight is 298 g/mol. The van der Waals surface area contributed by atoms with E-state index in [2.05, 4.69) is 15.3 Å². The van der Waals surface area contributed by atoms with Crippen molar-refractivity contribution in [2.75, 3.05) is 5.32 Å². The van der Waals surface area contributed by atoms with Gasteiger partial charge in [-0.2, -0.15) is 0 Å². The molecular weight excluding hydrogens is 288 g/mol. The lowest BCUT2D eigenvalue weighted by Gasteiger charge is -1.99. The third-order valence-corrected chi connectivity index (χ3v) is 4.76. The van der Waals surface area contributed by atoms with Crippen LogP contribution in [0.25, 0.3) is 0 Å². The molecule has 100 valence electrons. The number of hydrogen-bond acceptors (Lipinski definition) is 6. The van der Waals surface area contributed by atoms with Crippen molar-refractivity contribution in [2.24, 2.45) is 5.14 Å². The zero-order valence-electron chi connectivity index (χ0n) is 9.82. The van der Waals surface area contributed by atoms with Crippen LogP contribution in [0, 0.1) is 6.92 Å². The molecule has 7 nitrogen and oxygen atoms in total. The summed E-state index contributed by atoms with van der Waals surface area (Å²) in [5.74, 6) is -0.463. The van der Waals surface area contributed by atoms with E-state index in [4.69, 9.17) is 5.14 Å². The molecule has 0 fully saturated rings. The summed E-state index contributed by atoms with van der Waals surface area (Å²) in [6, 6.07) is 4.89. The highest BCUT2D eigenvalue weighted by Crippen LogP contribution is 2.26. The fraction of sp³-hybridized carbons (Fsp3) is 0.100. The molecule has 0 aliphatic rings. The molecule has 0 aromatic carbocycles. The first-order chi connectivity index (χ1) is 8.88. The summed E-state index contributed by atoms with van der Waals surface area (Å²) in [6.07, 6.45) is 1.48. The fourth-order valence-corrected chi connectivity index (χ4v) is 3.21. The lowest BCUT2D eigenvalue weighted by atomic mass is 10.3. The van der Waals surface area contributed by atoms with Gasteiger partial charge in [-0.1, -0.05) is 17.4 Å². The Hall–Kier alpha value is -1.84. The number of nitrogens with one attached hydrogen (secondary N) is 1. The van der Waals surface area contributed by atoms with Crippen molar-refractivity contribution in [1.82, 2.24) is 9.97 Å². The van der Waals surface area contributed by atoms with Crippen LogP contribution >= 0.6 is 11.3 Å². The monoisotopic (exact) mass is 298 g/mol. The minimum Gasteiger partial charge on any atom is -0.296 e. The summed E-state index contributed by atoms with van der Waals surface area (Å²) in [7, 11) is -3.82. The molecule has 0 saturated carbocycles. The topological polar surface area (TPSA) is 115 Å². The van der Waals surface area contributed by atoms with E-state index in [1.165, 1.54) is 19.2 Å². The lowest BCUT2D eigenvalue weighted by Crippen LogP contribution is -2.13. The van der Waals surface area contributed by atoms with Crippen molar-refractivity contribution in [1.29, 1.82) is 0 Å². The number of pyridine rings is 1. The van der Waals surface area contributed by atoms with Gasteiger partial charge in [0.1, 0.15) is 5.69 Å². The molecule has 2 heterocycles. The SMILES string of the molecule is Cc1nc(NC(=O)c2ccccn2)sc1S(N)(=O)=O. The molecule has 0 bridgehead atoms. The number of rotatable bonds is 3. The van der Waals surface area contributed by atoms with Crippen LogP contribution in [0.3, 0.4) is 0 Å². The minimum absolute atomic E-state index is 0.0659. The summed E-state index contributed by atoms with van der Waals surface area (Å²) in [4.78, 5) is 19.6. The zero-order valence-corrected chi connectivity index (χ0v) is 11.5. The number of nitrogens with zero attached hydrogens (tertiary/aromatic N) is 2. The highest BCUT2D eigenvalue weighted by molar-refractivity contribution is 7.91. The number of hydrogen-bond donors (Lipinski definition) is 2. The number of aromatic nitrogens is 2. The quantitative estimate of drug-likeness (QED) is 0.867. The highest BCUT2D eigenvalue weighted by Gasteiger charge is 2.19. The van der Waals surface area contributed by atoms with Crippen molar-refractivity contribution in [3.05, 3.63) is 35.8 Å². The number of nitrogens with two attached hydrogens (primary N) is 1. The summed E-state index contributed by atoms with van der Waals surface area (Å²) >= 11 is 0.806. The first-order valence-electron chi connectivity index (χ1n) is 5.10. The maximum Gasteiger partial charge on any atom is 0.276 e. The van der Waals surface area contributed by atoms with Gasteiger partial charge in [0.2, 0.25) is 10.0 Å². The molecule has 2 aromatic heterocycles. The van der Waals surface area contributed by atoms with Gasteiger partial charge in [0, 0.05) is 6.20 Å². The lowest BCUT2D eigenvalue weighted by molar-refractivity contribution is 0.102. The van der Waals surface area contributed by atoms with Gasteiger partial charge in [0.25, 0.3) is 5.91 Å². The number of anilines is 1. The van der Waals surface area contributed by atoms with Gasteiger partial charge in [-0.15, -0.1) is 0 Å². The Bertz CT molecular complexity index is 710. The summed E-state index contributed by atoms with van der Waals surface area (Å²) in [6.45, 7) is 1.51. The van der Waals surface area contributed by atoms with Crippen LogP contribution < -0.4 is 10.5 Å². The van der Waals surface area contributed by atoms with Crippen LogP contribution in [-0.4, -0.2) is 24.3 Å². The first-order valence-corrected chi connectivity index (χ1v) is 7.47. The summed E-state index contributed by atoms with van der Waals surface area (Å²) in [5, 5.41) is 7.67. The fourth-order valence-electron chi connectivity index (χ4n) is 1.36. The van der Waals surface area contributed by atoms with E-state index < -0.39 is 15.9 Å². The Morgan fingerprint density at radius 1 is 1.42 bits per heavy atom. The third-order valence-electron chi connectivity index (χ3n) is 2.13.